The molecule has 0 aliphatic carbocycles. The van der Waals surface area contributed by atoms with Crippen LogP contribution in [0.4, 0.5) is 10.5 Å². The number of carbonyl (C=O) groups excluding carboxylic acids is 1. The van der Waals surface area contributed by atoms with Gasteiger partial charge in [-0.3, -0.25) is 9.67 Å². The molecule has 0 aliphatic heterocycles. The third kappa shape index (κ3) is 3.81. The predicted octanol–water partition coefficient (Wildman–Crippen LogP) is 2.22. The van der Waals surface area contributed by atoms with Crippen molar-refractivity contribution in [1.29, 1.82) is 0 Å². The average molecular weight is 287 g/mol. The van der Waals surface area contributed by atoms with Crippen LogP contribution in [0.3, 0.4) is 0 Å². The molecule has 0 spiro atoms. The van der Waals surface area contributed by atoms with Gasteiger partial charge < -0.3 is 10.2 Å². The highest BCUT2D eigenvalue weighted by molar-refractivity contribution is 5.89. The maximum atomic E-state index is 12.2. The Morgan fingerprint density at radius 3 is 2.90 bits per heavy atom. The van der Waals surface area contributed by atoms with Crippen molar-refractivity contribution in [2.75, 3.05) is 12.4 Å². The van der Waals surface area contributed by atoms with Crippen LogP contribution in [-0.4, -0.2) is 38.8 Å². The van der Waals surface area contributed by atoms with Crippen molar-refractivity contribution in [3.8, 4) is 0 Å². The van der Waals surface area contributed by atoms with Crippen LogP contribution >= 0.6 is 0 Å². The number of nitrogens with one attached hydrogen (secondary N) is 1. The van der Waals surface area contributed by atoms with Crippen LogP contribution < -0.4 is 5.32 Å². The van der Waals surface area contributed by atoms with Crippen LogP contribution in [-0.2, 0) is 13.5 Å². The van der Waals surface area contributed by atoms with Crippen LogP contribution in [0.25, 0.3) is 0 Å². The first-order valence-electron chi connectivity index (χ1n) is 6.90. The average Bonchev–Trinajstić information content (AvgIpc) is 2.85. The minimum absolute atomic E-state index is 0.0512. The molecule has 2 rings (SSSR count). The smallest absolute Gasteiger partial charge is 0.321 e. The number of hydrogen-bond acceptors (Lipinski definition) is 3. The van der Waals surface area contributed by atoms with Crippen molar-refractivity contribution in [1.82, 2.24) is 19.7 Å². The quantitative estimate of drug-likeness (QED) is 0.938. The van der Waals surface area contributed by atoms with Gasteiger partial charge in [0.1, 0.15) is 0 Å². The molecule has 2 amide bonds. The summed E-state index contributed by atoms with van der Waals surface area (Å²) in [4.78, 5) is 18.3. The Labute approximate surface area is 124 Å². The molecular weight excluding hydrogens is 266 g/mol. The van der Waals surface area contributed by atoms with Crippen LogP contribution in [0.5, 0.6) is 0 Å². The maximum absolute atomic E-state index is 12.2. The van der Waals surface area contributed by atoms with Crippen molar-refractivity contribution in [2.45, 2.75) is 26.3 Å². The third-order valence-corrected chi connectivity index (χ3v) is 3.54. The first-order valence-corrected chi connectivity index (χ1v) is 6.90. The van der Waals surface area contributed by atoms with Gasteiger partial charge >= 0.3 is 6.03 Å². The van der Waals surface area contributed by atoms with Gasteiger partial charge in [0.25, 0.3) is 0 Å². The number of anilines is 1. The molecule has 21 heavy (non-hydrogen) atoms. The summed E-state index contributed by atoms with van der Waals surface area (Å²) in [6, 6.07) is 3.85. The number of likely N-dealkylation sites (N-methyl/N-ethyl adjacent to an activating group) is 1. The molecule has 6 nitrogen and oxygen atoms in total. The van der Waals surface area contributed by atoms with E-state index in [0.29, 0.717) is 5.69 Å². The second-order valence-electron chi connectivity index (χ2n) is 5.26. The lowest BCUT2D eigenvalue weighted by molar-refractivity contribution is 0.207. The Kier molecular flexibility index (Phi) is 4.57. The summed E-state index contributed by atoms with van der Waals surface area (Å²) in [7, 11) is 3.60. The van der Waals surface area contributed by atoms with Gasteiger partial charge in [-0.15, -0.1) is 0 Å². The molecule has 0 unspecified atom stereocenters. The molecule has 0 saturated carbocycles. The number of carbonyl (C=O) groups is 1. The van der Waals surface area contributed by atoms with Gasteiger partial charge in [0, 0.05) is 44.6 Å². The molecule has 0 aromatic carbocycles. The number of rotatable bonds is 4. The highest BCUT2D eigenvalue weighted by Gasteiger charge is 2.17. The van der Waals surface area contributed by atoms with Crippen molar-refractivity contribution in [2.24, 2.45) is 7.05 Å². The molecule has 0 bridgehead atoms. The number of urea groups is 1. The largest absolute Gasteiger partial charge is 0.324 e. The first kappa shape index (κ1) is 15.0. The fourth-order valence-corrected chi connectivity index (χ4v) is 2.05. The van der Waals surface area contributed by atoms with Crippen molar-refractivity contribution >= 4 is 11.7 Å². The summed E-state index contributed by atoms with van der Waals surface area (Å²) in [6.07, 6.45) is 5.90. The van der Waals surface area contributed by atoms with Crippen LogP contribution in [0.2, 0.25) is 0 Å². The van der Waals surface area contributed by atoms with Crippen LogP contribution in [0.15, 0.2) is 30.7 Å². The van der Waals surface area contributed by atoms with Crippen LogP contribution in [0.1, 0.15) is 18.2 Å². The van der Waals surface area contributed by atoms with Gasteiger partial charge in [-0.1, -0.05) is 6.07 Å². The van der Waals surface area contributed by atoms with Crippen molar-refractivity contribution in [3.63, 3.8) is 0 Å². The summed E-state index contributed by atoms with van der Waals surface area (Å²) in [5.74, 6) is 0. The van der Waals surface area contributed by atoms with Crippen LogP contribution in [0, 0.1) is 6.92 Å². The van der Waals surface area contributed by atoms with E-state index in [1.165, 1.54) is 0 Å². The lowest BCUT2D eigenvalue weighted by atomic mass is 10.1. The number of aromatic nitrogens is 3. The van der Waals surface area contributed by atoms with E-state index in [9.17, 15) is 4.79 Å². The summed E-state index contributed by atoms with van der Waals surface area (Å²) in [6.45, 7) is 4.04. The number of pyridine rings is 1. The second-order valence-corrected chi connectivity index (χ2v) is 5.26. The van der Waals surface area contributed by atoms with Gasteiger partial charge in [0.2, 0.25) is 0 Å². The van der Waals surface area contributed by atoms with E-state index in [0.717, 1.165) is 17.7 Å². The lowest BCUT2D eigenvalue weighted by Gasteiger charge is -2.25. The van der Waals surface area contributed by atoms with E-state index in [4.69, 9.17) is 0 Å². The first-order chi connectivity index (χ1) is 9.97. The minimum Gasteiger partial charge on any atom is -0.324 e. The minimum atomic E-state index is -0.149. The van der Waals surface area contributed by atoms with Crippen molar-refractivity contribution < 1.29 is 4.79 Å². The zero-order chi connectivity index (χ0) is 15.4. The number of hydrogen-bond donors (Lipinski definition) is 1. The molecule has 0 radical (unpaired) electrons. The normalized spacial score (nSPS) is 12.0. The molecule has 2 heterocycles. The Balaban J connectivity index is 1.97. The molecule has 2 aromatic rings. The Hall–Kier alpha value is -2.37. The zero-order valence-electron chi connectivity index (χ0n) is 12.9. The van der Waals surface area contributed by atoms with Gasteiger partial charge in [0.05, 0.1) is 11.9 Å². The predicted molar refractivity (Wildman–Crippen MR) is 82.1 cm³/mol. The van der Waals surface area contributed by atoms with E-state index in [2.05, 4.69) is 15.4 Å². The highest BCUT2D eigenvalue weighted by Crippen LogP contribution is 2.11. The topological polar surface area (TPSA) is 63.1 Å². The number of aryl methyl sites for hydroxylation is 2. The van der Waals surface area contributed by atoms with Gasteiger partial charge in [-0.25, -0.2) is 4.79 Å². The molecule has 0 saturated heterocycles. The summed E-state index contributed by atoms with van der Waals surface area (Å²) < 4.78 is 1.65. The van der Waals surface area contributed by atoms with E-state index in [1.54, 1.807) is 35.2 Å². The molecule has 1 atom stereocenters. The lowest BCUT2D eigenvalue weighted by Crippen LogP contribution is -2.39. The van der Waals surface area contributed by atoms with Crippen molar-refractivity contribution in [3.05, 3.63) is 42.0 Å². The standard InChI is InChI=1S/C15H21N5O/c1-11-6-5-7-16-14(11)8-12(2)20(4)15(21)18-13-9-17-19(3)10-13/h5-7,9-10,12H,8H2,1-4H3,(H,18,21)/t12-/m1/s1. The van der Waals surface area contributed by atoms with E-state index >= 15 is 0 Å². The molecule has 2 aromatic heterocycles. The Bertz CT molecular complexity index is 622. The number of amides is 2. The third-order valence-electron chi connectivity index (χ3n) is 3.54. The van der Waals surface area contributed by atoms with E-state index < -0.39 is 0 Å². The SMILES string of the molecule is Cc1cccnc1C[C@@H](C)N(C)C(=O)Nc1cnn(C)c1. The second kappa shape index (κ2) is 6.39. The van der Waals surface area contributed by atoms with Gasteiger partial charge in [0.15, 0.2) is 0 Å². The molecular formula is C15H21N5O. The molecule has 0 aliphatic rings. The highest BCUT2D eigenvalue weighted by atomic mass is 16.2. The summed E-state index contributed by atoms with van der Waals surface area (Å²) in [5, 5.41) is 6.85. The van der Waals surface area contributed by atoms with E-state index in [-0.39, 0.29) is 12.1 Å². The fourth-order valence-electron chi connectivity index (χ4n) is 2.05. The molecule has 112 valence electrons. The summed E-state index contributed by atoms with van der Waals surface area (Å²) in [5.41, 5.74) is 2.85. The summed E-state index contributed by atoms with van der Waals surface area (Å²) >= 11 is 0. The monoisotopic (exact) mass is 287 g/mol. The van der Waals surface area contributed by atoms with E-state index in [1.807, 2.05) is 33.0 Å². The molecule has 6 heteroatoms. The molecule has 1 N–H and O–H groups in total. The fraction of sp³-hybridized carbons (Fsp3) is 0.400. The number of nitrogens with zero attached hydrogens (tertiary/aromatic N) is 4. The Morgan fingerprint density at radius 1 is 1.52 bits per heavy atom. The maximum Gasteiger partial charge on any atom is 0.321 e. The Morgan fingerprint density at radius 2 is 2.29 bits per heavy atom. The van der Waals surface area contributed by atoms with Gasteiger partial charge in [-0.05, 0) is 25.5 Å². The molecule has 0 fully saturated rings. The zero-order valence-corrected chi connectivity index (χ0v) is 12.9. The van der Waals surface area contributed by atoms with Gasteiger partial charge in [-0.2, -0.15) is 5.10 Å².